The zero-order valence-corrected chi connectivity index (χ0v) is 17.8. The number of rotatable bonds is 5. The molecule has 0 aliphatic carbocycles. The van der Waals surface area contributed by atoms with Crippen molar-refractivity contribution in [2.45, 2.75) is 25.5 Å². The van der Waals surface area contributed by atoms with Crippen LogP contribution < -0.4 is 10.6 Å². The smallest absolute Gasteiger partial charge is 0.240 e. The summed E-state index contributed by atoms with van der Waals surface area (Å²) in [6.07, 6.45) is 1.67. The van der Waals surface area contributed by atoms with Gasteiger partial charge >= 0.3 is 0 Å². The van der Waals surface area contributed by atoms with Crippen molar-refractivity contribution in [1.29, 1.82) is 0 Å². The molecular weight excluding hydrogens is 440 g/mol. The maximum atomic E-state index is 12.4. The number of nitrogens with one attached hydrogen (secondary N) is 2. The summed E-state index contributed by atoms with van der Waals surface area (Å²) >= 11 is 4.58. The summed E-state index contributed by atoms with van der Waals surface area (Å²) in [6.45, 7) is 3.88. The SMILES string of the molecule is Cc1cccc(C)c1NC(=O)CC1S/C(=N/N=C/c2ccc(Br)cc2)NC1=O. The van der Waals surface area contributed by atoms with Gasteiger partial charge in [-0.25, -0.2) is 0 Å². The third kappa shape index (κ3) is 5.30. The van der Waals surface area contributed by atoms with Crippen LogP contribution in [0.2, 0.25) is 0 Å². The lowest BCUT2D eigenvalue weighted by molar-refractivity contribution is -0.122. The first-order chi connectivity index (χ1) is 13.4. The Kier molecular flexibility index (Phi) is 6.64. The Labute approximate surface area is 176 Å². The summed E-state index contributed by atoms with van der Waals surface area (Å²) in [5.41, 5.74) is 3.66. The first-order valence-corrected chi connectivity index (χ1v) is 10.3. The Morgan fingerprint density at radius 1 is 1.21 bits per heavy atom. The highest BCUT2D eigenvalue weighted by molar-refractivity contribution is 9.10. The molecule has 144 valence electrons. The van der Waals surface area contributed by atoms with E-state index in [1.807, 2.05) is 56.3 Å². The first kappa shape index (κ1) is 20.3. The van der Waals surface area contributed by atoms with Crippen molar-refractivity contribution in [3.8, 4) is 0 Å². The van der Waals surface area contributed by atoms with Crippen molar-refractivity contribution in [3.05, 3.63) is 63.6 Å². The highest BCUT2D eigenvalue weighted by Crippen LogP contribution is 2.24. The molecule has 1 heterocycles. The topological polar surface area (TPSA) is 82.9 Å². The summed E-state index contributed by atoms with van der Waals surface area (Å²) in [5, 5.41) is 13.5. The number of nitrogens with zero attached hydrogens (tertiary/aromatic N) is 2. The number of carbonyl (C=O) groups excluding carboxylic acids is 2. The van der Waals surface area contributed by atoms with E-state index in [1.165, 1.54) is 11.8 Å². The molecule has 1 aliphatic rings. The lowest BCUT2D eigenvalue weighted by Crippen LogP contribution is -2.28. The van der Waals surface area contributed by atoms with Crippen LogP contribution in [-0.4, -0.2) is 28.4 Å². The van der Waals surface area contributed by atoms with Crippen LogP contribution in [0.1, 0.15) is 23.1 Å². The third-order valence-corrected chi connectivity index (χ3v) is 5.72. The first-order valence-electron chi connectivity index (χ1n) is 8.62. The van der Waals surface area contributed by atoms with E-state index < -0.39 is 5.25 Å². The van der Waals surface area contributed by atoms with Gasteiger partial charge in [-0.15, -0.1) is 5.10 Å². The van der Waals surface area contributed by atoms with E-state index in [2.05, 4.69) is 36.8 Å². The van der Waals surface area contributed by atoms with E-state index in [1.54, 1.807) is 6.21 Å². The number of amides is 2. The summed E-state index contributed by atoms with van der Waals surface area (Å²) in [7, 11) is 0. The second-order valence-electron chi connectivity index (χ2n) is 6.32. The number of thioether (sulfide) groups is 1. The molecule has 1 unspecified atom stereocenters. The molecule has 0 bridgehead atoms. The Bertz CT molecular complexity index is 937. The van der Waals surface area contributed by atoms with Gasteiger partial charge in [0.2, 0.25) is 11.8 Å². The normalized spacial score (nSPS) is 17.9. The third-order valence-electron chi connectivity index (χ3n) is 4.12. The molecule has 0 radical (unpaired) electrons. The van der Waals surface area contributed by atoms with E-state index in [-0.39, 0.29) is 18.2 Å². The average molecular weight is 459 g/mol. The maximum Gasteiger partial charge on any atom is 0.240 e. The van der Waals surface area contributed by atoms with E-state index in [4.69, 9.17) is 0 Å². The highest BCUT2D eigenvalue weighted by Gasteiger charge is 2.32. The van der Waals surface area contributed by atoms with Crippen LogP contribution in [0.5, 0.6) is 0 Å². The zero-order chi connectivity index (χ0) is 20.1. The maximum absolute atomic E-state index is 12.4. The molecule has 2 aromatic rings. The molecular formula is C20H19BrN4O2S. The molecule has 0 spiro atoms. The van der Waals surface area contributed by atoms with Crippen LogP contribution in [-0.2, 0) is 9.59 Å². The Hall–Kier alpha value is -2.45. The van der Waals surface area contributed by atoms with Crippen LogP contribution in [0.3, 0.4) is 0 Å². The molecule has 2 N–H and O–H groups in total. The molecule has 3 rings (SSSR count). The minimum atomic E-state index is -0.522. The van der Waals surface area contributed by atoms with Gasteiger partial charge in [0.1, 0.15) is 5.25 Å². The number of carbonyl (C=O) groups is 2. The number of hydrogen-bond acceptors (Lipinski definition) is 5. The van der Waals surface area contributed by atoms with Crippen molar-refractivity contribution in [3.63, 3.8) is 0 Å². The van der Waals surface area contributed by atoms with Gasteiger partial charge in [0.15, 0.2) is 5.17 Å². The minimum Gasteiger partial charge on any atom is -0.326 e. The fourth-order valence-electron chi connectivity index (χ4n) is 2.65. The number of para-hydroxylation sites is 1. The van der Waals surface area contributed by atoms with Gasteiger partial charge in [0.25, 0.3) is 0 Å². The van der Waals surface area contributed by atoms with Crippen LogP contribution in [0.4, 0.5) is 5.69 Å². The van der Waals surface area contributed by atoms with Crippen molar-refractivity contribution in [2.24, 2.45) is 10.2 Å². The number of anilines is 1. The highest BCUT2D eigenvalue weighted by atomic mass is 79.9. The standard InChI is InChI=1S/C20H19BrN4O2S/c1-12-4-3-5-13(2)18(12)23-17(26)10-16-19(27)24-20(28-16)25-22-11-14-6-8-15(21)9-7-14/h3-9,11,16H,10H2,1-2H3,(H,23,26)(H,24,25,27)/b22-11+. The second kappa shape index (κ2) is 9.16. The van der Waals surface area contributed by atoms with Crippen LogP contribution in [0, 0.1) is 13.8 Å². The largest absolute Gasteiger partial charge is 0.326 e. The van der Waals surface area contributed by atoms with Crippen molar-refractivity contribution in [1.82, 2.24) is 5.32 Å². The van der Waals surface area contributed by atoms with Crippen LogP contribution >= 0.6 is 27.7 Å². The molecule has 28 heavy (non-hydrogen) atoms. The molecule has 0 saturated carbocycles. The lowest BCUT2D eigenvalue weighted by Gasteiger charge is -2.12. The van der Waals surface area contributed by atoms with E-state index in [0.29, 0.717) is 5.17 Å². The molecule has 2 amide bonds. The fourth-order valence-corrected chi connectivity index (χ4v) is 3.84. The zero-order valence-electron chi connectivity index (χ0n) is 15.4. The summed E-state index contributed by atoms with van der Waals surface area (Å²) in [5.74, 6) is -0.441. The molecule has 0 aromatic heterocycles. The number of benzene rings is 2. The molecule has 1 aliphatic heterocycles. The Morgan fingerprint density at radius 3 is 2.57 bits per heavy atom. The van der Waals surface area contributed by atoms with Crippen molar-refractivity contribution in [2.75, 3.05) is 5.32 Å². The van der Waals surface area contributed by atoms with Gasteiger partial charge in [-0.2, -0.15) is 5.10 Å². The monoisotopic (exact) mass is 458 g/mol. The van der Waals surface area contributed by atoms with Gasteiger partial charge in [-0.1, -0.05) is 58.0 Å². The number of halogens is 1. The van der Waals surface area contributed by atoms with Gasteiger partial charge in [-0.05, 0) is 42.7 Å². The Balaban J connectivity index is 1.58. The van der Waals surface area contributed by atoms with Crippen LogP contribution in [0.15, 0.2) is 57.1 Å². The van der Waals surface area contributed by atoms with Gasteiger partial charge < -0.3 is 10.6 Å². The van der Waals surface area contributed by atoms with Crippen molar-refractivity contribution < 1.29 is 9.59 Å². The number of hydrogen-bond donors (Lipinski definition) is 2. The van der Waals surface area contributed by atoms with E-state index in [0.717, 1.165) is 26.9 Å². The number of aryl methyl sites for hydroxylation is 2. The molecule has 2 aromatic carbocycles. The van der Waals surface area contributed by atoms with Crippen LogP contribution in [0.25, 0.3) is 0 Å². The molecule has 8 heteroatoms. The summed E-state index contributed by atoms with van der Waals surface area (Å²) < 4.78 is 0.983. The van der Waals surface area contributed by atoms with E-state index >= 15 is 0 Å². The van der Waals surface area contributed by atoms with E-state index in [9.17, 15) is 9.59 Å². The second-order valence-corrected chi connectivity index (χ2v) is 8.42. The molecule has 1 fully saturated rings. The number of amidine groups is 1. The lowest BCUT2D eigenvalue weighted by atomic mass is 10.1. The molecule has 1 atom stereocenters. The van der Waals surface area contributed by atoms with Gasteiger partial charge in [0.05, 0.1) is 6.21 Å². The molecule has 6 nitrogen and oxygen atoms in total. The quantitative estimate of drug-likeness (QED) is 0.524. The minimum absolute atomic E-state index is 0.0692. The van der Waals surface area contributed by atoms with Gasteiger partial charge in [-0.3, -0.25) is 9.59 Å². The Morgan fingerprint density at radius 2 is 1.89 bits per heavy atom. The predicted molar refractivity (Wildman–Crippen MR) is 118 cm³/mol. The predicted octanol–water partition coefficient (Wildman–Crippen LogP) is 4.02. The fraction of sp³-hybridized carbons (Fsp3) is 0.200. The van der Waals surface area contributed by atoms with Gasteiger partial charge in [0, 0.05) is 16.6 Å². The summed E-state index contributed by atoms with van der Waals surface area (Å²) in [6, 6.07) is 13.4. The van der Waals surface area contributed by atoms with Crippen molar-refractivity contribution >= 4 is 56.6 Å². The molecule has 1 saturated heterocycles. The summed E-state index contributed by atoms with van der Waals surface area (Å²) in [4.78, 5) is 24.5. The average Bonchev–Trinajstić information content (AvgIpc) is 2.99.